The van der Waals surface area contributed by atoms with Crippen molar-refractivity contribution >= 4 is 24.0 Å². The molecule has 1 amide bonds. The van der Waals surface area contributed by atoms with Gasteiger partial charge >= 0.3 is 0 Å². The summed E-state index contributed by atoms with van der Waals surface area (Å²) in [6.07, 6.45) is 1.76. The van der Waals surface area contributed by atoms with E-state index < -0.39 is 10.8 Å². The van der Waals surface area contributed by atoms with Crippen LogP contribution in [0.15, 0.2) is 12.1 Å². The van der Waals surface area contributed by atoms with Crippen LogP contribution < -0.4 is 20.1 Å². The Morgan fingerprint density at radius 3 is 2.67 bits per heavy atom. The van der Waals surface area contributed by atoms with Crippen LogP contribution in [0.5, 0.6) is 11.5 Å². The molecule has 1 heterocycles. The number of methoxy groups -OCH3 is 2. The summed E-state index contributed by atoms with van der Waals surface area (Å²) in [6, 6.07) is 2.58. The zero-order valence-electron chi connectivity index (χ0n) is 15.6. The van der Waals surface area contributed by atoms with Crippen LogP contribution in [-0.2, 0) is 4.74 Å². The Morgan fingerprint density at radius 2 is 2.07 bits per heavy atom. The number of halogens is 1. The highest BCUT2D eigenvalue weighted by atomic mass is 35.5. The van der Waals surface area contributed by atoms with E-state index in [1.165, 1.54) is 26.4 Å². The van der Waals surface area contributed by atoms with Crippen molar-refractivity contribution in [3.05, 3.63) is 27.8 Å². The van der Waals surface area contributed by atoms with Crippen LogP contribution in [0.4, 0.5) is 5.69 Å². The summed E-state index contributed by atoms with van der Waals surface area (Å²) in [5.41, 5.74) is -0.379. The molecule has 0 aliphatic carbocycles. The molecule has 27 heavy (non-hydrogen) atoms. The van der Waals surface area contributed by atoms with Crippen molar-refractivity contribution in [1.82, 2.24) is 10.6 Å². The quantitative estimate of drug-likeness (QED) is 0.387. The maximum absolute atomic E-state index is 12.7. The Bertz CT molecular complexity index is 658. The number of carbonyl (C=O) groups excluding carboxylic acids is 1. The van der Waals surface area contributed by atoms with Crippen LogP contribution in [0.2, 0.25) is 0 Å². The predicted molar refractivity (Wildman–Crippen MR) is 102 cm³/mol. The SMILES string of the molecule is COCCOc1cc([N+](=O)[O-])c(C(=O)NC2CCCNC2C)cc1OC.Cl. The zero-order valence-corrected chi connectivity index (χ0v) is 16.5. The molecule has 1 saturated heterocycles. The molecule has 2 rings (SSSR count). The van der Waals surface area contributed by atoms with Gasteiger partial charge in [-0.1, -0.05) is 0 Å². The van der Waals surface area contributed by atoms with Crippen molar-refractivity contribution in [2.24, 2.45) is 0 Å². The maximum Gasteiger partial charge on any atom is 0.286 e. The number of ether oxygens (including phenoxy) is 3. The van der Waals surface area contributed by atoms with E-state index in [1.54, 1.807) is 0 Å². The summed E-state index contributed by atoms with van der Waals surface area (Å²) in [4.78, 5) is 23.5. The highest BCUT2D eigenvalue weighted by Gasteiger charge is 2.28. The lowest BCUT2D eigenvalue weighted by atomic mass is 9.99. The first-order valence-corrected chi connectivity index (χ1v) is 8.50. The number of amides is 1. The van der Waals surface area contributed by atoms with Gasteiger partial charge in [0.1, 0.15) is 12.2 Å². The van der Waals surface area contributed by atoms with Crippen LogP contribution in [0.1, 0.15) is 30.1 Å². The fourth-order valence-electron chi connectivity index (χ4n) is 2.88. The molecule has 0 radical (unpaired) electrons. The summed E-state index contributed by atoms with van der Waals surface area (Å²) in [5.74, 6) is -0.0498. The minimum Gasteiger partial charge on any atom is -0.493 e. The Morgan fingerprint density at radius 1 is 1.33 bits per heavy atom. The second-order valence-electron chi connectivity index (χ2n) is 6.08. The van der Waals surface area contributed by atoms with Crippen molar-refractivity contribution in [2.45, 2.75) is 31.8 Å². The number of nitro groups is 1. The first-order chi connectivity index (χ1) is 12.5. The van der Waals surface area contributed by atoms with E-state index >= 15 is 0 Å². The number of benzene rings is 1. The molecular formula is C17H26ClN3O6. The summed E-state index contributed by atoms with van der Waals surface area (Å²) in [7, 11) is 2.94. The lowest BCUT2D eigenvalue weighted by Crippen LogP contribution is -2.51. The standard InChI is InChI=1S/C17H25N3O6.ClH/c1-11-13(5-4-6-18-11)19-17(21)12-9-15(25-3)16(26-8-7-24-2)10-14(12)20(22)23;/h9-11,13,18H,4-8H2,1-3H3,(H,19,21);1H. The Hall–Kier alpha value is -2.10. The highest BCUT2D eigenvalue weighted by Crippen LogP contribution is 2.35. The van der Waals surface area contributed by atoms with Gasteiger partial charge in [0.2, 0.25) is 0 Å². The molecule has 0 saturated carbocycles. The van der Waals surface area contributed by atoms with Gasteiger partial charge in [0.25, 0.3) is 11.6 Å². The van der Waals surface area contributed by atoms with Gasteiger partial charge in [0, 0.05) is 25.3 Å². The topological polar surface area (TPSA) is 112 Å². The van der Waals surface area contributed by atoms with E-state index in [2.05, 4.69) is 10.6 Å². The third-order valence-corrected chi connectivity index (χ3v) is 4.35. The van der Waals surface area contributed by atoms with Crippen LogP contribution in [0, 0.1) is 10.1 Å². The van der Waals surface area contributed by atoms with E-state index in [4.69, 9.17) is 14.2 Å². The van der Waals surface area contributed by atoms with E-state index in [0.29, 0.717) is 6.61 Å². The lowest BCUT2D eigenvalue weighted by Gasteiger charge is -2.30. The summed E-state index contributed by atoms with van der Waals surface area (Å²) in [5, 5.41) is 17.6. The van der Waals surface area contributed by atoms with E-state index in [-0.39, 0.29) is 53.8 Å². The molecule has 1 aliphatic rings. The molecule has 0 spiro atoms. The third kappa shape index (κ3) is 5.95. The first-order valence-electron chi connectivity index (χ1n) is 8.50. The van der Waals surface area contributed by atoms with E-state index in [0.717, 1.165) is 19.4 Å². The van der Waals surface area contributed by atoms with Gasteiger partial charge in [0.05, 0.1) is 24.7 Å². The molecule has 9 nitrogen and oxygen atoms in total. The van der Waals surface area contributed by atoms with Crippen molar-refractivity contribution in [1.29, 1.82) is 0 Å². The van der Waals surface area contributed by atoms with E-state index in [1.807, 2.05) is 6.92 Å². The van der Waals surface area contributed by atoms with E-state index in [9.17, 15) is 14.9 Å². The number of nitrogens with zero attached hydrogens (tertiary/aromatic N) is 1. The van der Waals surface area contributed by atoms with Gasteiger partial charge in [0.15, 0.2) is 11.5 Å². The van der Waals surface area contributed by atoms with Crippen molar-refractivity contribution < 1.29 is 23.9 Å². The predicted octanol–water partition coefficient (Wildman–Crippen LogP) is 1.92. The fourth-order valence-corrected chi connectivity index (χ4v) is 2.88. The molecule has 152 valence electrons. The fraction of sp³-hybridized carbons (Fsp3) is 0.588. The smallest absolute Gasteiger partial charge is 0.286 e. The molecule has 2 unspecified atom stereocenters. The Balaban J connectivity index is 0.00000364. The number of carbonyl (C=O) groups is 1. The van der Waals surface area contributed by atoms with Crippen molar-refractivity contribution in [2.75, 3.05) is 34.0 Å². The van der Waals surface area contributed by atoms with Crippen LogP contribution >= 0.6 is 12.4 Å². The normalized spacial score (nSPS) is 18.9. The minimum atomic E-state index is -0.597. The van der Waals surface area contributed by atoms with Gasteiger partial charge in [-0.15, -0.1) is 12.4 Å². The van der Waals surface area contributed by atoms with Crippen molar-refractivity contribution in [3.8, 4) is 11.5 Å². The molecule has 0 bridgehead atoms. The number of hydrogen-bond donors (Lipinski definition) is 2. The third-order valence-electron chi connectivity index (χ3n) is 4.35. The Kier molecular flexibility index (Phi) is 9.27. The molecular weight excluding hydrogens is 378 g/mol. The number of rotatable bonds is 8. The summed E-state index contributed by atoms with van der Waals surface area (Å²) < 4.78 is 15.6. The van der Waals surface area contributed by atoms with Gasteiger partial charge in [-0.25, -0.2) is 0 Å². The molecule has 1 aliphatic heterocycles. The molecule has 1 aromatic rings. The second kappa shape index (κ2) is 10.9. The van der Waals surface area contributed by atoms with Gasteiger partial charge in [-0.05, 0) is 26.3 Å². The van der Waals surface area contributed by atoms with Crippen LogP contribution in [0.3, 0.4) is 0 Å². The molecule has 0 aromatic heterocycles. The second-order valence-corrected chi connectivity index (χ2v) is 6.08. The number of nitro benzene ring substituents is 1. The minimum absolute atomic E-state index is 0. The van der Waals surface area contributed by atoms with Crippen molar-refractivity contribution in [3.63, 3.8) is 0 Å². The van der Waals surface area contributed by atoms with Gasteiger partial charge < -0.3 is 24.8 Å². The Labute approximate surface area is 164 Å². The summed E-state index contributed by atoms with van der Waals surface area (Å²) in [6.45, 7) is 3.41. The van der Waals surface area contributed by atoms with Crippen LogP contribution in [0.25, 0.3) is 0 Å². The monoisotopic (exact) mass is 403 g/mol. The van der Waals surface area contributed by atoms with Gasteiger partial charge in [-0.2, -0.15) is 0 Å². The summed E-state index contributed by atoms with van der Waals surface area (Å²) >= 11 is 0. The first kappa shape index (κ1) is 22.9. The average molecular weight is 404 g/mol. The molecule has 2 atom stereocenters. The molecule has 10 heteroatoms. The zero-order chi connectivity index (χ0) is 19.1. The molecule has 1 fully saturated rings. The number of hydrogen-bond acceptors (Lipinski definition) is 7. The lowest BCUT2D eigenvalue weighted by molar-refractivity contribution is -0.385. The maximum atomic E-state index is 12.7. The molecule has 2 N–H and O–H groups in total. The number of piperidine rings is 1. The largest absolute Gasteiger partial charge is 0.493 e. The average Bonchev–Trinajstić information content (AvgIpc) is 2.63. The highest BCUT2D eigenvalue weighted by molar-refractivity contribution is 5.99. The van der Waals surface area contributed by atoms with Crippen LogP contribution in [-0.4, -0.2) is 56.9 Å². The van der Waals surface area contributed by atoms with Gasteiger partial charge in [-0.3, -0.25) is 14.9 Å². The number of nitrogens with one attached hydrogen (secondary N) is 2. The molecule has 1 aromatic carbocycles.